The average molecular weight is 285 g/mol. The Bertz CT molecular complexity index is 497. The number of nitrogens with two attached hydrogens (primary N) is 1. The molecule has 0 aliphatic rings. The van der Waals surface area contributed by atoms with E-state index in [1.807, 2.05) is 31.1 Å². The second kappa shape index (κ2) is 6.47. The Kier molecular flexibility index (Phi) is 5.49. The van der Waals surface area contributed by atoms with Crippen LogP contribution in [0, 0.1) is 0 Å². The van der Waals surface area contributed by atoms with Gasteiger partial charge >= 0.3 is 0 Å². The number of nitrogens with zero attached hydrogens (tertiary/aromatic N) is 2. The number of sulfonamides is 1. The van der Waals surface area contributed by atoms with Crippen LogP contribution in [0.3, 0.4) is 0 Å². The number of benzene rings is 1. The zero-order chi connectivity index (χ0) is 14.6. The van der Waals surface area contributed by atoms with E-state index in [2.05, 4.69) is 0 Å². The van der Waals surface area contributed by atoms with E-state index in [9.17, 15) is 8.42 Å². The van der Waals surface area contributed by atoms with Crippen molar-refractivity contribution in [2.45, 2.75) is 24.4 Å². The van der Waals surface area contributed by atoms with Gasteiger partial charge in [0.15, 0.2) is 0 Å². The predicted molar refractivity (Wildman–Crippen MR) is 77.3 cm³/mol. The summed E-state index contributed by atoms with van der Waals surface area (Å²) >= 11 is 0. The van der Waals surface area contributed by atoms with E-state index in [-0.39, 0.29) is 6.04 Å². The number of likely N-dealkylation sites (N-methyl/N-ethyl adjacent to an activating group) is 1. The third kappa shape index (κ3) is 4.01. The highest BCUT2D eigenvalue weighted by Gasteiger charge is 2.24. The van der Waals surface area contributed by atoms with Crippen LogP contribution in [0.5, 0.6) is 0 Å². The largest absolute Gasteiger partial charge is 0.329 e. The summed E-state index contributed by atoms with van der Waals surface area (Å²) in [6, 6.07) is 6.76. The van der Waals surface area contributed by atoms with Crippen molar-refractivity contribution in [1.82, 2.24) is 9.21 Å². The second-order valence-corrected chi connectivity index (χ2v) is 6.99. The van der Waals surface area contributed by atoms with E-state index < -0.39 is 10.0 Å². The number of rotatable bonds is 6. The van der Waals surface area contributed by atoms with Gasteiger partial charge in [0.25, 0.3) is 0 Å². The Balaban J connectivity index is 2.97. The van der Waals surface area contributed by atoms with E-state index >= 15 is 0 Å². The van der Waals surface area contributed by atoms with Crippen LogP contribution in [0.4, 0.5) is 0 Å². The van der Waals surface area contributed by atoms with Crippen LogP contribution in [-0.4, -0.2) is 51.4 Å². The maximum atomic E-state index is 12.3. The molecule has 5 nitrogen and oxygen atoms in total. The molecule has 0 amide bonds. The molecule has 1 aromatic carbocycles. The molecular formula is C13H23N3O2S. The first-order valence-corrected chi connectivity index (χ1v) is 7.64. The summed E-state index contributed by atoms with van der Waals surface area (Å²) < 4.78 is 26.0. The van der Waals surface area contributed by atoms with Gasteiger partial charge in [0, 0.05) is 26.2 Å². The first-order valence-electron chi connectivity index (χ1n) is 6.20. The molecule has 0 radical (unpaired) electrons. The topological polar surface area (TPSA) is 66.6 Å². The molecule has 0 saturated heterocycles. The van der Waals surface area contributed by atoms with Gasteiger partial charge < -0.3 is 10.6 Å². The van der Waals surface area contributed by atoms with Crippen LogP contribution >= 0.6 is 0 Å². The van der Waals surface area contributed by atoms with E-state index in [0.717, 1.165) is 12.1 Å². The standard InChI is InChI=1S/C13H23N3O2S/c1-11(9-14)16(4)19(17,18)13-7-5-12(6-8-13)10-15(2)3/h5-8,11H,9-10,14H2,1-4H3. The van der Waals surface area contributed by atoms with Crippen LogP contribution in [0.1, 0.15) is 12.5 Å². The maximum absolute atomic E-state index is 12.3. The van der Waals surface area contributed by atoms with Gasteiger partial charge in [-0.2, -0.15) is 4.31 Å². The Morgan fingerprint density at radius 3 is 2.11 bits per heavy atom. The van der Waals surface area contributed by atoms with Gasteiger partial charge in [-0.05, 0) is 38.7 Å². The van der Waals surface area contributed by atoms with Gasteiger partial charge in [0.2, 0.25) is 10.0 Å². The van der Waals surface area contributed by atoms with Crippen molar-refractivity contribution in [3.8, 4) is 0 Å². The van der Waals surface area contributed by atoms with E-state index in [4.69, 9.17) is 5.73 Å². The minimum atomic E-state index is -3.46. The van der Waals surface area contributed by atoms with Crippen molar-refractivity contribution in [2.24, 2.45) is 5.73 Å². The van der Waals surface area contributed by atoms with E-state index in [1.165, 1.54) is 4.31 Å². The molecule has 0 aliphatic heterocycles. The molecule has 0 spiro atoms. The van der Waals surface area contributed by atoms with Crippen molar-refractivity contribution in [3.63, 3.8) is 0 Å². The smallest absolute Gasteiger partial charge is 0.243 e. The molecule has 2 N–H and O–H groups in total. The fourth-order valence-electron chi connectivity index (χ4n) is 1.68. The molecular weight excluding hydrogens is 262 g/mol. The van der Waals surface area contributed by atoms with E-state index in [1.54, 1.807) is 26.1 Å². The first kappa shape index (κ1) is 16.1. The summed E-state index contributed by atoms with van der Waals surface area (Å²) in [6.07, 6.45) is 0. The zero-order valence-electron chi connectivity index (χ0n) is 12.0. The normalized spacial score (nSPS) is 14.1. The molecule has 19 heavy (non-hydrogen) atoms. The van der Waals surface area contributed by atoms with Crippen LogP contribution in [-0.2, 0) is 16.6 Å². The van der Waals surface area contributed by atoms with Crippen molar-refractivity contribution < 1.29 is 8.42 Å². The van der Waals surface area contributed by atoms with Crippen LogP contribution in [0.25, 0.3) is 0 Å². The molecule has 1 rings (SSSR count). The fourth-order valence-corrected chi connectivity index (χ4v) is 3.06. The van der Waals surface area contributed by atoms with Gasteiger partial charge in [-0.25, -0.2) is 8.42 Å². The Morgan fingerprint density at radius 2 is 1.68 bits per heavy atom. The molecule has 1 atom stereocenters. The highest BCUT2D eigenvalue weighted by atomic mass is 32.2. The molecule has 0 heterocycles. The molecule has 1 aromatic rings. The van der Waals surface area contributed by atoms with Crippen molar-refractivity contribution in [3.05, 3.63) is 29.8 Å². The minimum absolute atomic E-state index is 0.216. The molecule has 0 aromatic heterocycles. The van der Waals surface area contributed by atoms with Crippen LogP contribution in [0.2, 0.25) is 0 Å². The molecule has 0 aliphatic carbocycles. The SMILES string of the molecule is CC(CN)N(C)S(=O)(=O)c1ccc(CN(C)C)cc1. The van der Waals surface area contributed by atoms with Crippen molar-refractivity contribution in [2.75, 3.05) is 27.7 Å². The molecule has 6 heteroatoms. The first-order chi connectivity index (χ1) is 8.78. The molecule has 108 valence electrons. The molecule has 1 unspecified atom stereocenters. The molecule has 0 bridgehead atoms. The highest BCUT2D eigenvalue weighted by Crippen LogP contribution is 2.17. The van der Waals surface area contributed by atoms with Crippen molar-refractivity contribution >= 4 is 10.0 Å². The monoisotopic (exact) mass is 285 g/mol. The lowest BCUT2D eigenvalue weighted by Crippen LogP contribution is -2.39. The Morgan fingerprint density at radius 1 is 1.16 bits per heavy atom. The average Bonchev–Trinajstić information content (AvgIpc) is 2.36. The van der Waals surface area contributed by atoms with Gasteiger partial charge in [0.1, 0.15) is 0 Å². The minimum Gasteiger partial charge on any atom is -0.329 e. The quantitative estimate of drug-likeness (QED) is 0.836. The highest BCUT2D eigenvalue weighted by molar-refractivity contribution is 7.89. The van der Waals surface area contributed by atoms with Gasteiger partial charge in [-0.3, -0.25) is 0 Å². The Hall–Kier alpha value is -0.950. The van der Waals surface area contributed by atoms with Crippen LogP contribution < -0.4 is 5.73 Å². The molecule has 0 saturated carbocycles. The maximum Gasteiger partial charge on any atom is 0.243 e. The predicted octanol–water partition coefficient (Wildman–Crippen LogP) is 0.716. The number of hydrogen-bond acceptors (Lipinski definition) is 4. The van der Waals surface area contributed by atoms with Gasteiger partial charge in [0.05, 0.1) is 4.90 Å². The zero-order valence-corrected chi connectivity index (χ0v) is 12.8. The van der Waals surface area contributed by atoms with Gasteiger partial charge in [-0.1, -0.05) is 12.1 Å². The summed E-state index contributed by atoms with van der Waals surface area (Å²) in [5, 5.41) is 0. The van der Waals surface area contributed by atoms with Crippen molar-refractivity contribution in [1.29, 1.82) is 0 Å². The summed E-state index contributed by atoms with van der Waals surface area (Å²) in [4.78, 5) is 2.34. The lowest BCUT2D eigenvalue weighted by atomic mass is 10.2. The third-order valence-corrected chi connectivity index (χ3v) is 5.05. The van der Waals surface area contributed by atoms with Crippen LogP contribution in [0.15, 0.2) is 29.2 Å². The second-order valence-electron chi connectivity index (χ2n) is 4.99. The molecule has 0 fully saturated rings. The third-order valence-electron chi connectivity index (χ3n) is 3.06. The Labute approximate surface area is 116 Å². The summed E-state index contributed by atoms with van der Waals surface area (Å²) in [6.45, 7) is 2.88. The fraction of sp³-hybridized carbons (Fsp3) is 0.538. The summed E-state index contributed by atoms with van der Waals surface area (Å²) in [5.41, 5.74) is 6.60. The summed E-state index contributed by atoms with van der Waals surface area (Å²) in [5.74, 6) is 0. The summed E-state index contributed by atoms with van der Waals surface area (Å²) in [7, 11) is 2.05. The van der Waals surface area contributed by atoms with Gasteiger partial charge in [-0.15, -0.1) is 0 Å². The van der Waals surface area contributed by atoms with E-state index in [0.29, 0.717) is 11.4 Å². The lowest BCUT2D eigenvalue weighted by Gasteiger charge is -2.23. The lowest BCUT2D eigenvalue weighted by molar-refractivity contribution is 0.394. The number of hydrogen-bond donors (Lipinski definition) is 1.